The van der Waals surface area contributed by atoms with Crippen molar-refractivity contribution in [2.24, 2.45) is 0 Å². The highest BCUT2D eigenvalue weighted by Crippen LogP contribution is 2.27. The topological polar surface area (TPSA) is 70.6 Å². The van der Waals surface area contributed by atoms with Gasteiger partial charge in [-0.25, -0.2) is 0 Å². The van der Waals surface area contributed by atoms with E-state index in [0.717, 1.165) is 16.8 Å². The van der Waals surface area contributed by atoms with E-state index in [-0.39, 0.29) is 12.5 Å². The Morgan fingerprint density at radius 3 is 2.67 bits per heavy atom. The van der Waals surface area contributed by atoms with Crippen molar-refractivity contribution in [3.8, 4) is 5.75 Å². The zero-order valence-electron chi connectivity index (χ0n) is 13.5. The number of methoxy groups -OCH3 is 1. The first-order valence-corrected chi connectivity index (χ1v) is 8.03. The maximum absolute atomic E-state index is 12.0. The summed E-state index contributed by atoms with van der Waals surface area (Å²) in [6, 6.07) is 12.8. The van der Waals surface area contributed by atoms with E-state index < -0.39 is 0 Å². The summed E-state index contributed by atoms with van der Waals surface area (Å²) < 4.78 is 5.24. The van der Waals surface area contributed by atoms with Crippen LogP contribution in [0.4, 0.5) is 5.69 Å². The van der Waals surface area contributed by atoms with Gasteiger partial charge in [-0.3, -0.25) is 4.79 Å². The lowest BCUT2D eigenvalue weighted by atomic mass is 10.1. The zero-order chi connectivity index (χ0) is 17.4. The Morgan fingerprint density at radius 1 is 1.21 bits per heavy atom. The molecule has 2 aromatic carbocycles. The van der Waals surface area contributed by atoms with Crippen LogP contribution in [0.15, 0.2) is 42.5 Å². The molecule has 24 heavy (non-hydrogen) atoms. The van der Waals surface area contributed by atoms with E-state index in [1.807, 2.05) is 24.3 Å². The van der Waals surface area contributed by atoms with Gasteiger partial charge in [-0.2, -0.15) is 0 Å². The summed E-state index contributed by atoms with van der Waals surface area (Å²) in [5.41, 5.74) is 2.49. The molecular weight excluding hydrogens is 328 g/mol. The lowest BCUT2D eigenvalue weighted by molar-refractivity contribution is -0.121. The molecule has 6 heteroatoms. The van der Waals surface area contributed by atoms with Crippen LogP contribution in [0.1, 0.15) is 17.5 Å². The highest BCUT2D eigenvalue weighted by molar-refractivity contribution is 6.30. The number of carbonyl (C=O) groups excluding carboxylic acids is 1. The molecule has 0 aliphatic heterocycles. The molecule has 0 spiro atoms. The van der Waals surface area contributed by atoms with Crippen LogP contribution in [0.3, 0.4) is 0 Å². The van der Waals surface area contributed by atoms with Gasteiger partial charge in [0.15, 0.2) is 0 Å². The van der Waals surface area contributed by atoms with Gasteiger partial charge in [0.1, 0.15) is 5.75 Å². The fourth-order valence-corrected chi connectivity index (χ4v) is 2.47. The minimum absolute atomic E-state index is 0.0395. The molecule has 2 aromatic rings. The van der Waals surface area contributed by atoms with E-state index in [1.165, 1.54) is 0 Å². The molecule has 2 rings (SSSR count). The number of ether oxygens (including phenoxy) is 1. The Labute approximate surface area is 146 Å². The molecule has 0 atom stereocenters. The molecule has 0 radical (unpaired) electrons. The van der Waals surface area contributed by atoms with Crippen LogP contribution in [-0.4, -0.2) is 24.7 Å². The summed E-state index contributed by atoms with van der Waals surface area (Å²) in [6.07, 6.45) is 0.316. The highest BCUT2D eigenvalue weighted by atomic mass is 35.5. The average Bonchev–Trinajstić information content (AvgIpc) is 2.60. The number of nitrogens with one attached hydrogen (secondary N) is 2. The predicted octanol–water partition coefficient (Wildman–Crippen LogP) is 2.96. The first-order valence-electron chi connectivity index (χ1n) is 7.65. The van der Waals surface area contributed by atoms with Crippen molar-refractivity contribution in [2.45, 2.75) is 19.6 Å². The monoisotopic (exact) mass is 348 g/mol. The number of aliphatic hydroxyl groups is 1. The number of carbonyl (C=O) groups is 1. The van der Waals surface area contributed by atoms with Crippen LogP contribution in [0.25, 0.3) is 0 Å². The smallest absolute Gasteiger partial charge is 0.222 e. The molecular formula is C18H21ClN2O3. The predicted molar refractivity (Wildman–Crippen MR) is 95.3 cm³/mol. The van der Waals surface area contributed by atoms with Gasteiger partial charge in [0.05, 0.1) is 19.4 Å². The van der Waals surface area contributed by atoms with E-state index in [0.29, 0.717) is 30.3 Å². The molecule has 0 saturated carbocycles. The number of amides is 1. The van der Waals surface area contributed by atoms with E-state index >= 15 is 0 Å². The minimum Gasteiger partial charge on any atom is -0.495 e. The quantitative estimate of drug-likeness (QED) is 0.686. The van der Waals surface area contributed by atoms with E-state index in [2.05, 4.69) is 10.6 Å². The average molecular weight is 349 g/mol. The Kier molecular flexibility index (Phi) is 6.90. The summed E-state index contributed by atoms with van der Waals surface area (Å²) in [6.45, 7) is 0.822. The molecule has 0 aliphatic carbocycles. The highest BCUT2D eigenvalue weighted by Gasteiger charge is 2.06. The maximum atomic E-state index is 12.0. The number of benzene rings is 2. The van der Waals surface area contributed by atoms with Crippen molar-refractivity contribution in [1.29, 1.82) is 0 Å². The molecule has 0 aromatic heterocycles. The number of aliphatic hydroxyl groups excluding tert-OH is 1. The van der Waals surface area contributed by atoms with Gasteiger partial charge in [0.2, 0.25) is 5.91 Å². The number of halogens is 1. The molecule has 0 bridgehead atoms. The fourth-order valence-electron chi connectivity index (χ4n) is 2.30. The third-order valence-corrected chi connectivity index (χ3v) is 3.83. The summed E-state index contributed by atoms with van der Waals surface area (Å²) in [5.74, 6) is 0.605. The number of hydrogen-bond donors (Lipinski definition) is 3. The number of rotatable bonds is 8. The second-order valence-corrected chi connectivity index (χ2v) is 5.66. The fraction of sp³-hybridized carbons (Fsp3) is 0.278. The molecule has 0 heterocycles. The van der Waals surface area contributed by atoms with Gasteiger partial charge in [0, 0.05) is 24.5 Å². The molecule has 128 valence electrons. The normalized spacial score (nSPS) is 10.3. The van der Waals surface area contributed by atoms with Gasteiger partial charge in [-0.1, -0.05) is 35.9 Å². The van der Waals surface area contributed by atoms with Gasteiger partial charge in [-0.15, -0.1) is 0 Å². The minimum atomic E-state index is -0.0729. The van der Waals surface area contributed by atoms with Gasteiger partial charge < -0.3 is 20.5 Å². The summed E-state index contributed by atoms with van der Waals surface area (Å²) in [7, 11) is 1.58. The van der Waals surface area contributed by atoms with Crippen LogP contribution < -0.4 is 15.4 Å². The standard InChI is InChI=1S/C18H21ClN2O3/c1-24-17-7-6-15(19)10-16(17)20-9-8-18(23)21-11-13-4-2-3-5-14(13)12-22/h2-7,10,20,22H,8-9,11-12H2,1H3,(H,21,23). The van der Waals surface area contributed by atoms with Crippen molar-refractivity contribution in [1.82, 2.24) is 5.32 Å². The van der Waals surface area contributed by atoms with Gasteiger partial charge >= 0.3 is 0 Å². The third-order valence-electron chi connectivity index (χ3n) is 3.59. The SMILES string of the molecule is COc1ccc(Cl)cc1NCCC(=O)NCc1ccccc1CO. The Hall–Kier alpha value is -2.24. The van der Waals surface area contributed by atoms with E-state index in [1.54, 1.807) is 25.3 Å². The number of anilines is 1. The summed E-state index contributed by atoms with van der Waals surface area (Å²) in [5, 5.41) is 15.9. The first kappa shape index (κ1) is 18.1. The molecule has 0 fully saturated rings. The van der Waals surface area contributed by atoms with Crippen molar-refractivity contribution >= 4 is 23.2 Å². The molecule has 0 saturated heterocycles. The Balaban J connectivity index is 1.80. The summed E-state index contributed by atoms with van der Waals surface area (Å²) >= 11 is 5.97. The maximum Gasteiger partial charge on any atom is 0.222 e. The summed E-state index contributed by atoms with van der Waals surface area (Å²) in [4.78, 5) is 12.0. The van der Waals surface area contributed by atoms with Crippen LogP contribution in [0.2, 0.25) is 5.02 Å². The second kappa shape index (κ2) is 9.15. The van der Waals surface area contributed by atoms with Crippen LogP contribution in [0.5, 0.6) is 5.75 Å². The molecule has 1 amide bonds. The first-order chi connectivity index (χ1) is 11.6. The molecule has 0 aliphatic rings. The molecule has 3 N–H and O–H groups in total. The van der Waals surface area contributed by atoms with E-state index in [9.17, 15) is 9.90 Å². The molecule has 0 unspecified atom stereocenters. The second-order valence-electron chi connectivity index (χ2n) is 5.22. The lowest BCUT2D eigenvalue weighted by Crippen LogP contribution is -2.25. The van der Waals surface area contributed by atoms with Crippen LogP contribution in [-0.2, 0) is 17.9 Å². The van der Waals surface area contributed by atoms with E-state index in [4.69, 9.17) is 16.3 Å². The van der Waals surface area contributed by atoms with Crippen LogP contribution in [0, 0.1) is 0 Å². The zero-order valence-corrected chi connectivity index (χ0v) is 14.3. The van der Waals surface area contributed by atoms with Crippen LogP contribution >= 0.6 is 11.6 Å². The van der Waals surface area contributed by atoms with Gasteiger partial charge in [-0.05, 0) is 29.3 Å². The van der Waals surface area contributed by atoms with Gasteiger partial charge in [0.25, 0.3) is 0 Å². The third kappa shape index (κ3) is 5.15. The Bertz CT molecular complexity index is 692. The Morgan fingerprint density at radius 2 is 1.96 bits per heavy atom. The molecule has 5 nitrogen and oxygen atoms in total. The van der Waals surface area contributed by atoms with Crippen molar-refractivity contribution in [3.05, 3.63) is 58.6 Å². The number of hydrogen-bond acceptors (Lipinski definition) is 4. The lowest BCUT2D eigenvalue weighted by Gasteiger charge is -2.12. The van der Waals surface area contributed by atoms with Crippen molar-refractivity contribution in [3.63, 3.8) is 0 Å². The largest absolute Gasteiger partial charge is 0.495 e. The van der Waals surface area contributed by atoms with Crippen molar-refractivity contribution in [2.75, 3.05) is 19.0 Å². The van der Waals surface area contributed by atoms with Crippen molar-refractivity contribution < 1.29 is 14.6 Å².